The zero-order valence-electron chi connectivity index (χ0n) is 18.9. The van der Waals surface area contributed by atoms with Crippen molar-refractivity contribution < 1.29 is 41.8 Å². The molecule has 0 saturated carbocycles. The Morgan fingerprint density at radius 3 is 2.22 bits per heavy atom. The number of rotatable bonds is 7. The van der Waals surface area contributed by atoms with Gasteiger partial charge in [0.05, 0.1) is 16.6 Å². The number of hydrogen-bond donors (Lipinski definition) is 2. The molecule has 36 heavy (non-hydrogen) atoms. The van der Waals surface area contributed by atoms with Crippen molar-refractivity contribution in [3.63, 3.8) is 0 Å². The highest BCUT2D eigenvalue weighted by Gasteiger charge is 2.50. The van der Waals surface area contributed by atoms with Gasteiger partial charge in [-0.25, -0.2) is 4.79 Å². The SMILES string of the molecule is C[C@@H]1O[C@H](Oc2ccc(O)cc2)[C@H](OS(=O)(=O)c2ccc(Cl)cc2)[C@H](OC(=O)c2ccccc2)[C@H]1O. The standard InChI is InChI=1S/C25H23ClO9S/c1-15-21(28)22(34-24(29)16-5-3-2-4-6-16)23(25(32-15)33-19-11-9-18(27)10-12-19)35-36(30,31)20-13-7-17(26)8-14-20/h2-15,21-23,25,27-28H,1H3/t15-,21-,22+,23+,25+/m0/s1. The summed E-state index contributed by atoms with van der Waals surface area (Å²) in [5, 5.41) is 20.7. The smallest absolute Gasteiger partial charge is 0.338 e. The Morgan fingerprint density at radius 2 is 1.58 bits per heavy atom. The van der Waals surface area contributed by atoms with Crippen molar-refractivity contribution in [3.8, 4) is 11.5 Å². The molecule has 0 radical (unpaired) electrons. The van der Waals surface area contributed by atoms with Crippen LogP contribution in [0.15, 0.2) is 83.8 Å². The van der Waals surface area contributed by atoms with Gasteiger partial charge in [-0.1, -0.05) is 29.8 Å². The second-order valence-electron chi connectivity index (χ2n) is 8.02. The summed E-state index contributed by atoms with van der Waals surface area (Å²) < 4.78 is 48.8. The van der Waals surface area contributed by atoms with E-state index in [1.807, 2.05) is 0 Å². The van der Waals surface area contributed by atoms with Crippen LogP contribution in [0.4, 0.5) is 0 Å². The number of esters is 1. The number of phenolic OH excluding ortho intramolecular Hbond substituents is 1. The van der Waals surface area contributed by atoms with Crippen LogP contribution in [0.3, 0.4) is 0 Å². The van der Waals surface area contributed by atoms with E-state index in [9.17, 15) is 23.4 Å². The Morgan fingerprint density at radius 1 is 0.944 bits per heavy atom. The van der Waals surface area contributed by atoms with Crippen LogP contribution >= 0.6 is 11.6 Å². The lowest BCUT2D eigenvalue weighted by molar-refractivity contribution is -0.260. The van der Waals surface area contributed by atoms with E-state index in [4.69, 9.17) is 30.0 Å². The van der Waals surface area contributed by atoms with Gasteiger partial charge in [0.25, 0.3) is 10.1 Å². The molecule has 5 atom stereocenters. The molecule has 2 N–H and O–H groups in total. The highest BCUT2D eigenvalue weighted by atomic mass is 35.5. The van der Waals surface area contributed by atoms with Crippen LogP contribution in [0.2, 0.25) is 5.02 Å². The summed E-state index contributed by atoms with van der Waals surface area (Å²) in [7, 11) is -4.44. The minimum atomic E-state index is -4.44. The van der Waals surface area contributed by atoms with Gasteiger partial charge in [-0.15, -0.1) is 0 Å². The van der Waals surface area contributed by atoms with E-state index in [0.717, 1.165) is 0 Å². The first kappa shape index (κ1) is 25.9. The third kappa shape index (κ3) is 5.97. The topological polar surface area (TPSA) is 129 Å². The van der Waals surface area contributed by atoms with Gasteiger partial charge in [0.2, 0.25) is 6.29 Å². The molecule has 1 aliphatic rings. The van der Waals surface area contributed by atoms with Gasteiger partial charge >= 0.3 is 5.97 Å². The lowest BCUT2D eigenvalue weighted by Crippen LogP contribution is -2.61. The summed E-state index contributed by atoms with van der Waals surface area (Å²) in [6, 6.07) is 18.9. The zero-order chi connectivity index (χ0) is 25.9. The average Bonchev–Trinajstić information content (AvgIpc) is 2.86. The van der Waals surface area contributed by atoms with Crippen molar-refractivity contribution >= 4 is 27.7 Å². The predicted molar refractivity (Wildman–Crippen MR) is 128 cm³/mol. The van der Waals surface area contributed by atoms with Gasteiger partial charge in [-0.3, -0.25) is 4.18 Å². The number of benzene rings is 3. The second-order valence-corrected chi connectivity index (χ2v) is 10.0. The summed E-state index contributed by atoms with van der Waals surface area (Å²) >= 11 is 5.87. The van der Waals surface area contributed by atoms with Crippen molar-refractivity contribution in [2.75, 3.05) is 0 Å². The van der Waals surface area contributed by atoms with Crippen LogP contribution in [0.1, 0.15) is 17.3 Å². The highest BCUT2D eigenvalue weighted by molar-refractivity contribution is 7.86. The molecule has 11 heteroatoms. The Balaban J connectivity index is 1.68. The van der Waals surface area contributed by atoms with Gasteiger partial charge < -0.3 is 24.4 Å². The van der Waals surface area contributed by atoms with Crippen molar-refractivity contribution in [2.24, 2.45) is 0 Å². The highest BCUT2D eigenvalue weighted by Crippen LogP contribution is 2.32. The number of carbonyl (C=O) groups is 1. The van der Waals surface area contributed by atoms with Crippen molar-refractivity contribution in [1.29, 1.82) is 0 Å². The molecular formula is C25H23ClO9S. The Labute approximate surface area is 212 Å². The molecule has 3 aromatic rings. The van der Waals surface area contributed by atoms with Gasteiger partial charge in [-0.05, 0) is 67.6 Å². The van der Waals surface area contributed by atoms with E-state index >= 15 is 0 Å². The number of aliphatic hydroxyl groups excluding tert-OH is 1. The summed E-state index contributed by atoms with van der Waals surface area (Å²) in [4.78, 5) is 12.6. The first-order valence-electron chi connectivity index (χ1n) is 10.9. The molecular weight excluding hydrogens is 512 g/mol. The third-order valence-electron chi connectivity index (χ3n) is 5.44. The zero-order valence-corrected chi connectivity index (χ0v) is 20.5. The molecule has 0 bridgehead atoms. The van der Waals surface area contributed by atoms with Crippen molar-refractivity contribution in [3.05, 3.63) is 89.4 Å². The van der Waals surface area contributed by atoms with Gasteiger partial charge in [0.15, 0.2) is 12.2 Å². The molecule has 4 rings (SSSR count). The molecule has 1 saturated heterocycles. The molecule has 0 aromatic heterocycles. The largest absolute Gasteiger partial charge is 0.508 e. The fraction of sp³-hybridized carbons (Fsp3) is 0.240. The van der Waals surface area contributed by atoms with Crippen molar-refractivity contribution in [1.82, 2.24) is 0 Å². The quantitative estimate of drug-likeness (QED) is 0.345. The van der Waals surface area contributed by atoms with E-state index in [1.54, 1.807) is 18.2 Å². The molecule has 0 spiro atoms. The maximum Gasteiger partial charge on any atom is 0.338 e. The van der Waals surface area contributed by atoms with E-state index in [-0.39, 0.29) is 22.0 Å². The fourth-order valence-electron chi connectivity index (χ4n) is 3.55. The molecule has 1 fully saturated rings. The van der Waals surface area contributed by atoms with E-state index in [0.29, 0.717) is 5.02 Å². The number of phenols is 1. The maximum atomic E-state index is 13.1. The number of aliphatic hydroxyl groups is 1. The number of halogens is 1. The van der Waals surface area contributed by atoms with Gasteiger partial charge in [-0.2, -0.15) is 8.42 Å². The van der Waals surface area contributed by atoms with E-state index in [2.05, 4.69) is 0 Å². The number of hydrogen-bond acceptors (Lipinski definition) is 9. The van der Waals surface area contributed by atoms with Gasteiger partial charge in [0, 0.05) is 5.02 Å². The molecule has 0 amide bonds. The fourth-order valence-corrected chi connectivity index (χ4v) is 4.74. The maximum absolute atomic E-state index is 13.1. The summed E-state index contributed by atoms with van der Waals surface area (Å²) in [5.74, 6) is -0.592. The number of carbonyl (C=O) groups excluding carboxylic acids is 1. The number of aromatic hydroxyl groups is 1. The summed E-state index contributed by atoms with van der Waals surface area (Å²) in [6.07, 6.45) is -6.85. The Hall–Kier alpha value is -3.15. The predicted octanol–water partition coefficient (Wildman–Crippen LogP) is 3.53. The van der Waals surface area contributed by atoms with E-state index < -0.39 is 46.8 Å². The monoisotopic (exact) mass is 534 g/mol. The lowest BCUT2D eigenvalue weighted by Gasteiger charge is -2.42. The Bertz CT molecular complexity index is 1280. The van der Waals surface area contributed by atoms with Crippen LogP contribution in [0, 0.1) is 0 Å². The normalized spacial score (nSPS) is 24.1. The third-order valence-corrected chi connectivity index (χ3v) is 7.02. The van der Waals surface area contributed by atoms with Crippen LogP contribution in [-0.4, -0.2) is 55.3 Å². The summed E-state index contributed by atoms with van der Waals surface area (Å²) in [5.41, 5.74) is 0.194. The van der Waals surface area contributed by atoms with E-state index in [1.165, 1.54) is 67.6 Å². The first-order chi connectivity index (χ1) is 17.1. The molecule has 9 nitrogen and oxygen atoms in total. The number of ether oxygens (including phenoxy) is 3. The minimum Gasteiger partial charge on any atom is -0.508 e. The second kappa shape index (κ2) is 10.9. The molecule has 1 aliphatic heterocycles. The first-order valence-corrected chi connectivity index (χ1v) is 12.7. The molecule has 190 valence electrons. The van der Waals surface area contributed by atoms with Crippen molar-refractivity contribution in [2.45, 2.75) is 42.5 Å². The summed E-state index contributed by atoms with van der Waals surface area (Å²) in [6.45, 7) is 1.52. The van der Waals surface area contributed by atoms with Crippen LogP contribution in [0.5, 0.6) is 11.5 Å². The average molecular weight is 535 g/mol. The molecule has 0 aliphatic carbocycles. The lowest BCUT2D eigenvalue weighted by atomic mass is 9.99. The molecule has 3 aromatic carbocycles. The molecule has 1 heterocycles. The van der Waals surface area contributed by atoms with Crippen LogP contribution in [0.25, 0.3) is 0 Å². The van der Waals surface area contributed by atoms with Gasteiger partial charge in [0.1, 0.15) is 17.6 Å². The van der Waals surface area contributed by atoms with Crippen LogP contribution < -0.4 is 4.74 Å². The Kier molecular flexibility index (Phi) is 7.82. The molecule has 0 unspecified atom stereocenters. The minimum absolute atomic E-state index is 0.0107. The van der Waals surface area contributed by atoms with Crippen LogP contribution in [-0.2, 0) is 23.8 Å².